The van der Waals surface area contributed by atoms with Gasteiger partial charge in [-0.3, -0.25) is 14.6 Å². The zero-order valence-electron chi connectivity index (χ0n) is 14.7. The molecule has 3 heterocycles. The number of esters is 1. The molecule has 0 fully saturated rings. The Labute approximate surface area is 164 Å². The smallest absolute Gasteiger partial charge is 0.405 e. The van der Waals surface area contributed by atoms with Crippen LogP contribution >= 0.6 is 11.3 Å². The number of aromatic nitrogens is 4. The first-order valence-corrected chi connectivity index (χ1v) is 9.05. The van der Waals surface area contributed by atoms with Crippen molar-refractivity contribution in [1.82, 2.24) is 19.7 Å². The maximum Gasteiger partial charge on any atom is 0.416 e. The summed E-state index contributed by atoms with van der Waals surface area (Å²) < 4.78 is 45.3. The van der Waals surface area contributed by atoms with Crippen molar-refractivity contribution in [2.24, 2.45) is 0 Å². The highest BCUT2D eigenvalue weighted by atomic mass is 32.1. The van der Waals surface area contributed by atoms with Crippen LogP contribution in [0.5, 0.6) is 5.88 Å². The van der Waals surface area contributed by atoms with Gasteiger partial charge >= 0.3 is 12.1 Å². The van der Waals surface area contributed by atoms with Crippen LogP contribution in [0.4, 0.5) is 13.2 Å². The Kier molecular flexibility index (Phi) is 4.53. The van der Waals surface area contributed by atoms with Gasteiger partial charge in [0.05, 0.1) is 27.7 Å². The van der Waals surface area contributed by atoms with Crippen LogP contribution < -0.4 is 10.3 Å². The molecule has 0 aliphatic rings. The Morgan fingerprint density at radius 3 is 2.79 bits per heavy atom. The van der Waals surface area contributed by atoms with Crippen LogP contribution in [0.1, 0.15) is 17.5 Å². The Bertz CT molecular complexity index is 1310. The summed E-state index contributed by atoms with van der Waals surface area (Å²) in [4.78, 5) is 32.3. The van der Waals surface area contributed by atoms with E-state index in [1.807, 2.05) is 0 Å². The van der Waals surface area contributed by atoms with Crippen molar-refractivity contribution in [2.45, 2.75) is 19.6 Å². The fourth-order valence-electron chi connectivity index (χ4n) is 2.75. The van der Waals surface area contributed by atoms with Gasteiger partial charge in [-0.25, -0.2) is 9.67 Å². The zero-order valence-corrected chi connectivity index (χ0v) is 15.5. The maximum absolute atomic E-state index is 12.9. The molecule has 0 spiro atoms. The number of hydrogen-bond acceptors (Lipinski definition) is 7. The molecule has 7 nitrogen and oxygen atoms in total. The molecule has 4 aromatic rings. The average Bonchev–Trinajstić information content (AvgIpc) is 3.06. The number of nitrogens with zero attached hydrogens (tertiary/aromatic N) is 4. The van der Waals surface area contributed by atoms with Crippen molar-refractivity contribution < 1.29 is 22.7 Å². The lowest BCUT2D eigenvalue weighted by atomic mass is 10.2. The number of alkyl halides is 3. The van der Waals surface area contributed by atoms with Crippen LogP contribution in [-0.4, -0.2) is 25.7 Å². The van der Waals surface area contributed by atoms with E-state index in [9.17, 15) is 22.8 Å². The fourth-order valence-corrected chi connectivity index (χ4v) is 3.68. The van der Waals surface area contributed by atoms with Gasteiger partial charge in [-0.15, -0.1) is 16.4 Å². The second kappa shape index (κ2) is 6.92. The second-order valence-electron chi connectivity index (χ2n) is 6.05. The number of benzene rings is 1. The first kappa shape index (κ1) is 19.0. The Morgan fingerprint density at radius 2 is 2.07 bits per heavy atom. The summed E-state index contributed by atoms with van der Waals surface area (Å²) in [7, 11) is 0. The number of thiazole rings is 1. The van der Waals surface area contributed by atoms with Gasteiger partial charge < -0.3 is 4.74 Å². The van der Waals surface area contributed by atoms with E-state index in [-0.39, 0.29) is 28.8 Å². The standard InChI is InChI=1S/C18H11F3N4O3S/c1-9(26)28-16-11-3-2-6-22-15(11)17(27)25(24-16)8-14-23-12-7-10(18(19,20)21)4-5-13(12)29-14/h2-7H,8H2,1H3. The van der Waals surface area contributed by atoms with Gasteiger partial charge in [0.1, 0.15) is 10.5 Å². The van der Waals surface area contributed by atoms with Gasteiger partial charge in [0.25, 0.3) is 5.56 Å². The number of carbonyl (C=O) groups is 1. The number of fused-ring (bicyclic) bond motifs is 2. The van der Waals surface area contributed by atoms with Crippen LogP contribution in [0.25, 0.3) is 21.1 Å². The van der Waals surface area contributed by atoms with Crippen molar-refractivity contribution in [2.75, 3.05) is 0 Å². The molecule has 0 bridgehead atoms. The quantitative estimate of drug-likeness (QED) is 0.472. The molecule has 0 aliphatic heterocycles. The highest BCUT2D eigenvalue weighted by Gasteiger charge is 2.30. The SMILES string of the molecule is CC(=O)Oc1nn(Cc2nc3cc(C(F)(F)F)ccc3s2)c(=O)c2ncccc12. The van der Waals surface area contributed by atoms with E-state index in [2.05, 4.69) is 15.1 Å². The van der Waals surface area contributed by atoms with Crippen molar-refractivity contribution in [3.8, 4) is 5.88 Å². The zero-order chi connectivity index (χ0) is 20.8. The van der Waals surface area contributed by atoms with E-state index >= 15 is 0 Å². The summed E-state index contributed by atoms with van der Waals surface area (Å²) in [5.74, 6) is -0.701. The van der Waals surface area contributed by atoms with Crippen molar-refractivity contribution in [1.29, 1.82) is 0 Å². The molecule has 0 radical (unpaired) electrons. The van der Waals surface area contributed by atoms with Crippen LogP contribution in [0, 0.1) is 0 Å². The monoisotopic (exact) mass is 420 g/mol. The summed E-state index contributed by atoms with van der Waals surface area (Å²) in [6.07, 6.45) is -3.05. The fraction of sp³-hybridized carbons (Fsp3) is 0.167. The van der Waals surface area contributed by atoms with E-state index in [0.29, 0.717) is 9.71 Å². The molecular weight excluding hydrogens is 409 g/mol. The first-order chi connectivity index (χ1) is 13.7. The number of rotatable bonds is 3. The van der Waals surface area contributed by atoms with Crippen molar-refractivity contribution in [3.05, 3.63) is 57.5 Å². The summed E-state index contributed by atoms with van der Waals surface area (Å²) in [5, 5.41) is 4.72. The summed E-state index contributed by atoms with van der Waals surface area (Å²) >= 11 is 1.14. The third-order valence-corrected chi connectivity index (χ3v) is 4.99. The predicted molar refractivity (Wildman–Crippen MR) is 98.8 cm³/mol. The number of ether oxygens (including phenoxy) is 1. The van der Waals surface area contributed by atoms with E-state index in [0.717, 1.165) is 28.2 Å². The molecule has 0 aliphatic carbocycles. The molecule has 0 saturated heterocycles. The van der Waals surface area contributed by atoms with E-state index in [4.69, 9.17) is 4.74 Å². The largest absolute Gasteiger partial charge is 0.416 e. The van der Waals surface area contributed by atoms with Crippen molar-refractivity contribution in [3.63, 3.8) is 0 Å². The summed E-state index contributed by atoms with van der Waals surface area (Å²) in [6.45, 7) is 1.09. The van der Waals surface area contributed by atoms with Gasteiger partial charge in [0, 0.05) is 13.1 Å². The third kappa shape index (κ3) is 3.68. The Morgan fingerprint density at radius 1 is 1.28 bits per heavy atom. The van der Waals surface area contributed by atoms with Crippen molar-refractivity contribution >= 4 is 38.4 Å². The molecular formula is C18H11F3N4O3S. The predicted octanol–water partition coefficient (Wildman–Crippen LogP) is 3.39. The molecule has 0 amide bonds. The first-order valence-electron chi connectivity index (χ1n) is 8.23. The Balaban J connectivity index is 1.78. The van der Waals surface area contributed by atoms with Gasteiger partial charge in [-0.1, -0.05) is 0 Å². The normalized spacial score (nSPS) is 11.9. The van der Waals surface area contributed by atoms with Gasteiger partial charge in [0.15, 0.2) is 0 Å². The Hall–Kier alpha value is -3.34. The highest BCUT2D eigenvalue weighted by molar-refractivity contribution is 7.18. The molecule has 4 rings (SSSR count). The lowest BCUT2D eigenvalue weighted by Gasteiger charge is -2.08. The minimum Gasteiger partial charge on any atom is -0.405 e. The minimum atomic E-state index is -4.47. The minimum absolute atomic E-state index is 0.0548. The van der Waals surface area contributed by atoms with E-state index in [1.54, 1.807) is 12.1 Å². The number of hydrogen-bond donors (Lipinski definition) is 0. The molecule has 0 N–H and O–H groups in total. The topological polar surface area (TPSA) is 87.0 Å². The molecule has 0 atom stereocenters. The molecule has 11 heteroatoms. The third-order valence-electron chi connectivity index (χ3n) is 3.97. The molecule has 0 saturated carbocycles. The van der Waals surface area contributed by atoms with Crippen LogP contribution in [0.3, 0.4) is 0 Å². The van der Waals surface area contributed by atoms with Crippen LogP contribution in [-0.2, 0) is 17.5 Å². The number of halogens is 3. The molecule has 1 aromatic carbocycles. The number of carbonyl (C=O) groups excluding carboxylic acids is 1. The van der Waals surface area contributed by atoms with Gasteiger partial charge in [-0.05, 0) is 30.3 Å². The van der Waals surface area contributed by atoms with E-state index < -0.39 is 23.3 Å². The highest BCUT2D eigenvalue weighted by Crippen LogP contribution is 2.33. The van der Waals surface area contributed by atoms with Gasteiger partial charge in [-0.2, -0.15) is 13.2 Å². The average molecular weight is 420 g/mol. The lowest BCUT2D eigenvalue weighted by Crippen LogP contribution is -2.25. The second-order valence-corrected chi connectivity index (χ2v) is 7.16. The van der Waals surface area contributed by atoms with Crippen LogP contribution in [0.2, 0.25) is 0 Å². The molecule has 148 valence electrons. The number of pyridine rings is 1. The summed E-state index contributed by atoms with van der Waals surface area (Å²) in [6, 6.07) is 6.40. The maximum atomic E-state index is 12.9. The van der Waals surface area contributed by atoms with Gasteiger partial charge in [0.2, 0.25) is 5.88 Å². The molecule has 29 heavy (non-hydrogen) atoms. The lowest BCUT2D eigenvalue weighted by molar-refractivity contribution is -0.137. The molecule has 0 unspecified atom stereocenters. The molecule has 3 aromatic heterocycles. The van der Waals surface area contributed by atoms with Crippen LogP contribution in [0.15, 0.2) is 41.3 Å². The van der Waals surface area contributed by atoms with E-state index in [1.165, 1.54) is 19.2 Å². The summed E-state index contributed by atoms with van der Waals surface area (Å²) in [5.41, 5.74) is -1.11.